The van der Waals surface area contributed by atoms with E-state index in [0.29, 0.717) is 26.2 Å². The molecule has 2 unspecified atom stereocenters. The summed E-state index contributed by atoms with van der Waals surface area (Å²) in [4.78, 5) is 14.4. The molecule has 1 N–H and O–H groups in total. The Morgan fingerprint density at radius 1 is 1.25 bits per heavy atom. The van der Waals surface area contributed by atoms with E-state index in [0.717, 1.165) is 19.4 Å². The van der Waals surface area contributed by atoms with Crippen LogP contribution in [0.5, 0.6) is 0 Å². The molecule has 5 nitrogen and oxygen atoms in total. The SMILES string of the molecule is O=C(NCc1csc2ccccc12)N1CCOC(C2CCCO2)C1. The summed E-state index contributed by atoms with van der Waals surface area (Å²) in [6, 6.07) is 8.28. The Bertz CT molecular complexity index is 711. The number of thiophene rings is 1. The van der Waals surface area contributed by atoms with Crippen LogP contribution in [-0.2, 0) is 16.0 Å². The lowest BCUT2D eigenvalue weighted by Crippen LogP contribution is -2.52. The topological polar surface area (TPSA) is 50.8 Å². The number of hydrogen-bond donors (Lipinski definition) is 1. The standard InChI is InChI=1S/C18H22N2O3S/c21-18(19-10-13-12-24-17-6-2-1-4-14(13)17)20-7-9-23-16(11-20)15-5-3-8-22-15/h1-2,4,6,12,15-16H,3,5,7-11H2,(H,19,21). The second-order valence-electron chi connectivity index (χ2n) is 6.32. The molecule has 0 radical (unpaired) electrons. The highest BCUT2D eigenvalue weighted by Crippen LogP contribution is 2.25. The Hall–Kier alpha value is -1.63. The molecule has 3 heterocycles. The van der Waals surface area contributed by atoms with Crippen molar-refractivity contribution in [3.8, 4) is 0 Å². The van der Waals surface area contributed by atoms with Crippen LogP contribution in [0.15, 0.2) is 29.6 Å². The minimum atomic E-state index is -0.0171. The van der Waals surface area contributed by atoms with Gasteiger partial charge in [0, 0.05) is 24.4 Å². The van der Waals surface area contributed by atoms with Crippen molar-refractivity contribution < 1.29 is 14.3 Å². The Labute approximate surface area is 145 Å². The Morgan fingerprint density at radius 3 is 3.00 bits per heavy atom. The molecule has 2 aliphatic rings. The fourth-order valence-electron chi connectivity index (χ4n) is 3.43. The number of amides is 2. The summed E-state index contributed by atoms with van der Waals surface area (Å²) in [7, 11) is 0. The first-order valence-electron chi connectivity index (χ1n) is 8.52. The Kier molecular flexibility index (Phi) is 4.69. The summed E-state index contributed by atoms with van der Waals surface area (Å²) in [5.41, 5.74) is 1.17. The monoisotopic (exact) mass is 346 g/mol. The van der Waals surface area contributed by atoms with Gasteiger partial charge in [-0.1, -0.05) is 18.2 Å². The Balaban J connectivity index is 1.35. The van der Waals surface area contributed by atoms with Crippen LogP contribution in [0.25, 0.3) is 10.1 Å². The summed E-state index contributed by atoms with van der Waals surface area (Å²) in [5, 5.41) is 6.40. The predicted octanol–water partition coefficient (Wildman–Crippen LogP) is 2.99. The van der Waals surface area contributed by atoms with Gasteiger partial charge in [-0.15, -0.1) is 11.3 Å². The minimum Gasteiger partial charge on any atom is -0.375 e. The first-order chi connectivity index (χ1) is 11.8. The van der Waals surface area contributed by atoms with Gasteiger partial charge in [0.25, 0.3) is 0 Å². The first-order valence-corrected chi connectivity index (χ1v) is 9.40. The molecule has 2 amide bonds. The summed E-state index contributed by atoms with van der Waals surface area (Å²) >= 11 is 1.72. The fourth-order valence-corrected chi connectivity index (χ4v) is 4.40. The van der Waals surface area contributed by atoms with Crippen LogP contribution < -0.4 is 5.32 Å². The number of urea groups is 1. The van der Waals surface area contributed by atoms with E-state index in [-0.39, 0.29) is 18.2 Å². The zero-order chi connectivity index (χ0) is 16.4. The van der Waals surface area contributed by atoms with Crippen molar-refractivity contribution in [1.82, 2.24) is 10.2 Å². The van der Waals surface area contributed by atoms with Crippen molar-refractivity contribution in [2.45, 2.75) is 31.6 Å². The molecule has 2 aliphatic heterocycles. The average Bonchev–Trinajstić information content (AvgIpc) is 3.30. The van der Waals surface area contributed by atoms with E-state index < -0.39 is 0 Å². The molecule has 6 heteroatoms. The van der Waals surface area contributed by atoms with Crippen molar-refractivity contribution in [1.29, 1.82) is 0 Å². The number of fused-ring (bicyclic) bond motifs is 1. The highest BCUT2D eigenvalue weighted by Gasteiger charge is 2.32. The predicted molar refractivity (Wildman–Crippen MR) is 94.3 cm³/mol. The van der Waals surface area contributed by atoms with E-state index in [4.69, 9.17) is 9.47 Å². The lowest BCUT2D eigenvalue weighted by atomic mass is 10.1. The van der Waals surface area contributed by atoms with Gasteiger partial charge in [-0.25, -0.2) is 4.79 Å². The molecular formula is C18H22N2O3S. The molecule has 0 saturated carbocycles. The van der Waals surface area contributed by atoms with Crippen LogP contribution in [0.4, 0.5) is 4.79 Å². The van der Waals surface area contributed by atoms with E-state index in [1.54, 1.807) is 11.3 Å². The molecule has 128 valence electrons. The van der Waals surface area contributed by atoms with E-state index in [2.05, 4.69) is 22.8 Å². The zero-order valence-corrected chi connectivity index (χ0v) is 14.4. The van der Waals surface area contributed by atoms with Crippen LogP contribution in [0.1, 0.15) is 18.4 Å². The molecule has 0 spiro atoms. The van der Waals surface area contributed by atoms with E-state index in [9.17, 15) is 4.79 Å². The molecule has 1 aromatic carbocycles. The number of benzene rings is 1. The Morgan fingerprint density at radius 2 is 2.12 bits per heavy atom. The van der Waals surface area contributed by atoms with Crippen molar-refractivity contribution in [2.24, 2.45) is 0 Å². The highest BCUT2D eigenvalue weighted by molar-refractivity contribution is 7.17. The maximum absolute atomic E-state index is 12.5. The van der Waals surface area contributed by atoms with Crippen LogP contribution in [0.2, 0.25) is 0 Å². The summed E-state index contributed by atoms with van der Waals surface area (Å²) in [5.74, 6) is 0. The third kappa shape index (κ3) is 3.27. The van der Waals surface area contributed by atoms with E-state index in [1.807, 2.05) is 17.0 Å². The van der Waals surface area contributed by atoms with E-state index >= 15 is 0 Å². The number of hydrogen-bond acceptors (Lipinski definition) is 4. The van der Waals surface area contributed by atoms with Gasteiger partial charge in [0.15, 0.2) is 0 Å². The first kappa shape index (κ1) is 15.9. The third-order valence-electron chi connectivity index (χ3n) is 4.75. The number of nitrogens with zero attached hydrogens (tertiary/aromatic N) is 1. The van der Waals surface area contributed by atoms with Gasteiger partial charge in [-0.05, 0) is 35.2 Å². The third-order valence-corrected chi connectivity index (χ3v) is 5.76. The van der Waals surface area contributed by atoms with Crippen molar-refractivity contribution in [3.63, 3.8) is 0 Å². The van der Waals surface area contributed by atoms with Crippen LogP contribution in [0, 0.1) is 0 Å². The molecule has 2 fully saturated rings. The van der Waals surface area contributed by atoms with Gasteiger partial charge >= 0.3 is 6.03 Å². The molecule has 0 bridgehead atoms. The summed E-state index contributed by atoms with van der Waals surface area (Å²) in [6.07, 6.45) is 2.26. The quantitative estimate of drug-likeness (QED) is 0.929. The molecule has 2 atom stereocenters. The summed E-state index contributed by atoms with van der Waals surface area (Å²) in [6.45, 7) is 3.20. The fraction of sp³-hybridized carbons (Fsp3) is 0.500. The number of carbonyl (C=O) groups excluding carboxylic acids is 1. The van der Waals surface area contributed by atoms with Crippen molar-refractivity contribution in [3.05, 3.63) is 35.2 Å². The van der Waals surface area contributed by atoms with Gasteiger partial charge in [-0.3, -0.25) is 0 Å². The van der Waals surface area contributed by atoms with Crippen molar-refractivity contribution >= 4 is 27.5 Å². The highest BCUT2D eigenvalue weighted by atomic mass is 32.1. The average molecular weight is 346 g/mol. The molecule has 2 saturated heterocycles. The van der Waals surface area contributed by atoms with Crippen LogP contribution >= 0.6 is 11.3 Å². The van der Waals surface area contributed by atoms with Gasteiger partial charge in [-0.2, -0.15) is 0 Å². The largest absolute Gasteiger partial charge is 0.375 e. The minimum absolute atomic E-state index is 0.00831. The lowest BCUT2D eigenvalue weighted by Gasteiger charge is -2.35. The number of rotatable bonds is 3. The number of ether oxygens (including phenoxy) is 2. The number of carbonyl (C=O) groups is 1. The maximum Gasteiger partial charge on any atom is 0.317 e. The second kappa shape index (κ2) is 7.09. The number of morpholine rings is 1. The van der Waals surface area contributed by atoms with Gasteiger partial charge in [0.2, 0.25) is 0 Å². The summed E-state index contributed by atoms with van der Waals surface area (Å²) < 4.78 is 12.8. The van der Waals surface area contributed by atoms with Crippen LogP contribution in [-0.4, -0.2) is 49.4 Å². The molecule has 24 heavy (non-hydrogen) atoms. The van der Waals surface area contributed by atoms with Gasteiger partial charge in [0.1, 0.15) is 6.10 Å². The normalized spacial score (nSPS) is 24.4. The molecule has 1 aromatic heterocycles. The second-order valence-corrected chi connectivity index (χ2v) is 7.23. The van der Waals surface area contributed by atoms with E-state index in [1.165, 1.54) is 15.6 Å². The lowest BCUT2D eigenvalue weighted by molar-refractivity contribution is -0.0849. The van der Waals surface area contributed by atoms with Crippen LogP contribution in [0.3, 0.4) is 0 Å². The van der Waals surface area contributed by atoms with Gasteiger partial charge in [0.05, 0.1) is 19.3 Å². The molecule has 2 aromatic rings. The number of nitrogens with one attached hydrogen (secondary N) is 1. The molecular weight excluding hydrogens is 324 g/mol. The van der Waals surface area contributed by atoms with Gasteiger partial charge < -0.3 is 19.7 Å². The molecule has 4 rings (SSSR count). The zero-order valence-electron chi connectivity index (χ0n) is 13.6. The smallest absolute Gasteiger partial charge is 0.317 e. The molecule has 0 aliphatic carbocycles. The maximum atomic E-state index is 12.5. The van der Waals surface area contributed by atoms with Crippen molar-refractivity contribution in [2.75, 3.05) is 26.3 Å².